The second kappa shape index (κ2) is 7.64. The Kier molecular flexibility index (Phi) is 5.32. The van der Waals surface area contributed by atoms with Gasteiger partial charge in [0.1, 0.15) is 0 Å². The van der Waals surface area contributed by atoms with Gasteiger partial charge < -0.3 is 15.1 Å². The van der Waals surface area contributed by atoms with Crippen LogP contribution in [0, 0.1) is 11.3 Å². The van der Waals surface area contributed by atoms with Gasteiger partial charge in [-0.1, -0.05) is 23.2 Å². The predicted molar refractivity (Wildman–Crippen MR) is 100 cm³/mol. The molecule has 0 aromatic heterocycles. The summed E-state index contributed by atoms with van der Waals surface area (Å²) >= 11 is 12.0. The first-order valence-electron chi connectivity index (χ1n) is 7.83. The summed E-state index contributed by atoms with van der Waals surface area (Å²) in [5, 5.41) is 12.6. The van der Waals surface area contributed by atoms with E-state index in [9.17, 15) is 4.79 Å². The molecule has 1 N–H and O–H groups in total. The molecule has 0 atom stereocenters. The Labute approximate surface area is 156 Å². The van der Waals surface area contributed by atoms with Crippen LogP contribution in [0.15, 0.2) is 42.5 Å². The molecule has 0 saturated carbocycles. The molecule has 1 saturated heterocycles. The number of nitrogens with zero attached hydrogens (tertiary/aromatic N) is 3. The lowest BCUT2D eigenvalue weighted by atomic mass is 10.2. The zero-order valence-corrected chi connectivity index (χ0v) is 14.9. The highest BCUT2D eigenvalue weighted by Gasteiger charge is 2.21. The molecule has 0 aliphatic carbocycles. The Morgan fingerprint density at radius 3 is 2.32 bits per heavy atom. The van der Waals surface area contributed by atoms with Gasteiger partial charge in [-0.3, -0.25) is 0 Å². The molecular formula is C18H16Cl2N4O. The lowest BCUT2D eigenvalue weighted by Crippen LogP contribution is -2.50. The van der Waals surface area contributed by atoms with Gasteiger partial charge in [-0.2, -0.15) is 5.26 Å². The number of benzene rings is 2. The van der Waals surface area contributed by atoms with E-state index in [1.54, 1.807) is 35.2 Å². The first-order chi connectivity index (χ1) is 12.1. The summed E-state index contributed by atoms with van der Waals surface area (Å²) in [5.74, 6) is 0. The van der Waals surface area contributed by atoms with Crippen molar-refractivity contribution < 1.29 is 4.79 Å². The van der Waals surface area contributed by atoms with E-state index in [0.717, 1.165) is 18.8 Å². The number of halogens is 2. The van der Waals surface area contributed by atoms with Crippen LogP contribution < -0.4 is 10.2 Å². The molecule has 1 aliphatic heterocycles. The first-order valence-corrected chi connectivity index (χ1v) is 8.58. The van der Waals surface area contributed by atoms with Crippen molar-refractivity contribution in [2.24, 2.45) is 0 Å². The average molecular weight is 375 g/mol. The highest BCUT2D eigenvalue weighted by atomic mass is 35.5. The summed E-state index contributed by atoms with van der Waals surface area (Å²) < 4.78 is 0. The normalized spacial score (nSPS) is 14.1. The van der Waals surface area contributed by atoms with Crippen LogP contribution in [0.2, 0.25) is 10.0 Å². The van der Waals surface area contributed by atoms with Gasteiger partial charge in [-0.05, 0) is 42.5 Å². The molecule has 3 rings (SSSR count). The number of hydrogen-bond acceptors (Lipinski definition) is 3. The van der Waals surface area contributed by atoms with Crippen molar-refractivity contribution in [1.82, 2.24) is 4.90 Å². The number of urea groups is 1. The molecule has 1 heterocycles. The number of carbonyl (C=O) groups is 1. The van der Waals surface area contributed by atoms with E-state index in [-0.39, 0.29) is 6.03 Å². The van der Waals surface area contributed by atoms with Gasteiger partial charge in [0.05, 0.1) is 22.3 Å². The molecule has 1 fully saturated rings. The minimum absolute atomic E-state index is 0.177. The maximum absolute atomic E-state index is 12.4. The fourth-order valence-corrected chi connectivity index (χ4v) is 3.16. The Morgan fingerprint density at radius 1 is 1.04 bits per heavy atom. The summed E-state index contributed by atoms with van der Waals surface area (Å²) in [6, 6.07) is 14.4. The quantitative estimate of drug-likeness (QED) is 0.855. The largest absolute Gasteiger partial charge is 0.368 e. The van der Waals surface area contributed by atoms with Crippen LogP contribution in [0.25, 0.3) is 0 Å². The van der Waals surface area contributed by atoms with Crippen LogP contribution in [0.1, 0.15) is 5.56 Å². The number of hydrogen-bond donors (Lipinski definition) is 1. The monoisotopic (exact) mass is 374 g/mol. The van der Waals surface area contributed by atoms with Crippen molar-refractivity contribution in [3.05, 3.63) is 58.1 Å². The fraction of sp³-hybridized carbons (Fsp3) is 0.222. The summed E-state index contributed by atoms with van der Waals surface area (Å²) in [5.41, 5.74) is 2.24. The topological polar surface area (TPSA) is 59.4 Å². The van der Waals surface area contributed by atoms with Gasteiger partial charge in [-0.15, -0.1) is 0 Å². The molecule has 0 bridgehead atoms. The molecule has 2 amide bonds. The molecule has 25 heavy (non-hydrogen) atoms. The number of anilines is 2. The summed E-state index contributed by atoms with van der Waals surface area (Å²) in [6.45, 7) is 2.68. The van der Waals surface area contributed by atoms with Gasteiger partial charge in [0, 0.05) is 36.9 Å². The molecule has 2 aromatic carbocycles. The van der Waals surface area contributed by atoms with Crippen LogP contribution in [0.4, 0.5) is 16.2 Å². The maximum Gasteiger partial charge on any atom is 0.322 e. The predicted octanol–water partition coefficient (Wildman–Crippen LogP) is 4.22. The van der Waals surface area contributed by atoms with Crippen LogP contribution in [-0.4, -0.2) is 37.1 Å². The minimum Gasteiger partial charge on any atom is -0.368 e. The zero-order valence-electron chi connectivity index (χ0n) is 13.4. The fourth-order valence-electron chi connectivity index (χ4n) is 2.70. The molecule has 0 radical (unpaired) electrons. The number of carbonyl (C=O) groups excluding carboxylic acids is 1. The highest BCUT2D eigenvalue weighted by Crippen LogP contribution is 2.26. The van der Waals surface area contributed by atoms with E-state index in [0.29, 0.717) is 34.4 Å². The molecule has 0 unspecified atom stereocenters. The van der Waals surface area contributed by atoms with Crippen LogP contribution >= 0.6 is 23.2 Å². The Bertz CT molecular complexity index is 809. The summed E-state index contributed by atoms with van der Waals surface area (Å²) in [4.78, 5) is 16.3. The molecule has 0 spiro atoms. The van der Waals surface area contributed by atoms with Crippen molar-refractivity contribution in [2.75, 3.05) is 36.4 Å². The molecule has 1 aliphatic rings. The van der Waals surface area contributed by atoms with E-state index in [1.165, 1.54) is 0 Å². The second-order valence-corrected chi connectivity index (χ2v) is 6.53. The Hall–Kier alpha value is -2.42. The third-order valence-corrected chi connectivity index (χ3v) is 4.65. The van der Waals surface area contributed by atoms with Crippen LogP contribution in [0.5, 0.6) is 0 Å². The third-order valence-electron chi connectivity index (χ3n) is 4.10. The lowest BCUT2D eigenvalue weighted by molar-refractivity contribution is 0.208. The zero-order chi connectivity index (χ0) is 17.8. The highest BCUT2D eigenvalue weighted by molar-refractivity contribution is 6.36. The molecule has 2 aromatic rings. The summed E-state index contributed by atoms with van der Waals surface area (Å²) in [6.07, 6.45) is 0. The SMILES string of the molecule is N#Cc1ccc(N2CCN(C(=O)Nc3ccc(Cl)cc3Cl)CC2)cc1. The van der Waals surface area contributed by atoms with Crippen LogP contribution in [0.3, 0.4) is 0 Å². The van der Waals surface area contributed by atoms with Crippen molar-refractivity contribution in [1.29, 1.82) is 5.26 Å². The second-order valence-electron chi connectivity index (χ2n) is 5.69. The average Bonchev–Trinajstić information content (AvgIpc) is 2.64. The smallest absolute Gasteiger partial charge is 0.322 e. The van der Waals surface area contributed by atoms with Crippen LogP contribution in [-0.2, 0) is 0 Å². The Balaban J connectivity index is 1.57. The molecule has 128 valence electrons. The number of rotatable bonds is 2. The molecular weight excluding hydrogens is 359 g/mol. The van der Waals surface area contributed by atoms with Gasteiger partial charge in [-0.25, -0.2) is 4.79 Å². The van der Waals surface area contributed by atoms with Crippen molar-refractivity contribution >= 4 is 40.6 Å². The molecule has 5 nitrogen and oxygen atoms in total. The first kappa shape index (κ1) is 17.4. The van der Waals surface area contributed by atoms with E-state index >= 15 is 0 Å². The number of nitriles is 1. The third kappa shape index (κ3) is 4.16. The molecule has 7 heteroatoms. The maximum atomic E-state index is 12.4. The standard InChI is InChI=1S/C18H16Cl2N4O/c19-14-3-6-17(16(20)11-14)22-18(25)24-9-7-23(8-10-24)15-4-1-13(12-21)2-5-15/h1-6,11H,7-10H2,(H,22,25). The van der Waals surface area contributed by atoms with Gasteiger partial charge in [0.2, 0.25) is 0 Å². The Morgan fingerprint density at radius 2 is 1.72 bits per heavy atom. The summed E-state index contributed by atoms with van der Waals surface area (Å²) in [7, 11) is 0. The van der Waals surface area contributed by atoms with Crippen molar-refractivity contribution in [2.45, 2.75) is 0 Å². The van der Waals surface area contributed by atoms with Gasteiger partial charge in [0.15, 0.2) is 0 Å². The van der Waals surface area contributed by atoms with E-state index in [4.69, 9.17) is 28.5 Å². The van der Waals surface area contributed by atoms with Gasteiger partial charge in [0.25, 0.3) is 0 Å². The van der Waals surface area contributed by atoms with E-state index in [1.807, 2.05) is 12.1 Å². The number of amides is 2. The van der Waals surface area contributed by atoms with Crippen molar-refractivity contribution in [3.63, 3.8) is 0 Å². The minimum atomic E-state index is -0.177. The number of nitrogens with one attached hydrogen (secondary N) is 1. The lowest BCUT2D eigenvalue weighted by Gasteiger charge is -2.36. The number of piperazine rings is 1. The van der Waals surface area contributed by atoms with E-state index < -0.39 is 0 Å². The van der Waals surface area contributed by atoms with Gasteiger partial charge >= 0.3 is 6.03 Å². The van der Waals surface area contributed by atoms with Crippen molar-refractivity contribution in [3.8, 4) is 6.07 Å². The van der Waals surface area contributed by atoms with E-state index in [2.05, 4.69) is 16.3 Å².